The molecule has 2 aromatic carbocycles. The molecule has 0 atom stereocenters. The van der Waals surface area contributed by atoms with Crippen LogP contribution in [-0.2, 0) is 0 Å². The molecule has 0 aromatic heterocycles. The van der Waals surface area contributed by atoms with E-state index in [4.69, 9.17) is 0 Å². The van der Waals surface area contributed by atoms with Crippen molar-refractivity contribution in [3.63, 3.8) is 0 Å². The van der Waals surface area contributed by atoms with Crippen LogP contribution in [0.25, 0.3) is 21.9 Å². The highest BCUT2D eigenvalue weighted by molar-refractivity contribution is 5.98. The van der Waals surface area contributed by atoms with Crippen molar-refractivity contribution in [1.82, 2.24) is 0 Å². The molecular formula is C27H30. The summed E-state index contributed by atoms with van der Waals surface area (Å²) >= 11 is 0. The predicted octanol–water partition coefficient (Wildman–Crippen LogP) is 8.31. The maximum atomic E-state index is 4.19. The Morgan fingerprint density at radius 3 is 1.93 bits per heavy atom. The lowest BCUT2D eigenvalue weighted by Gasteiger charge is -2.08. The summed E-state index contributed by atoms with van der Waals surface area (Å²) < 4.78 is 0. The Hall–Kier alpha value is -2.86. The second-order valence-corrected chi connectivity index (χ2v) is 6.70. The molecule has 0 saturated carbocycles. The zero-order valence-electron chi connectivity index (χ0n) is 17.0. The zero-order valence-corrected chi connectivity index (χ0v) is 17.0. The Balaban J connectivity index is 2.83. The van der Waals surface area contributed by atoms with E-state index in [1.165, 1.54) is 33.0 Å². The van der Waals surface area contributed by atoms with Gasteiger partial charge in [0, 0.05) is 0 Å². The van der Waals surface area contributed by atoms with Crippen LogP contribution >= 0.6 is 0 Å². The Morgan fingerprint density at radius 1 is 0.815 bits per heavy atom. The lowest BCUT2D eigenvalue weighted by Crippen LogP contribution is -1.85. The lowest BCUT2D eigenvalue weighted by molar-refractivity contribution is 1.15. The number of allylic oxidation sites excluding steroid dienone is 7. The fourth-order valence-electron chi connectivity index (χ4n) is 3.11. The van der Waals surface area contributed by atoms with Crippen LogP contribution in [-0.4, -0.2) is 0 Å². The zero-order chi connectivity index (χ0) is 19.6. The maximum absolute atomic E-state index is 4.19. The van der Waals surface area contributed by atoms with Crippen LogP contribution in [0.1, 0.15) is 45.2 Å². The van der Waals surface area contributed by atoms with Crippen LogP contribution in [0.5, 0.6) is 0 Å². The molecular weight excluding hydrogens is 324 g/mol. The van der Waals surface area contributed by atoms with E-state index >= 15 is 0 Å². The SMILES string of the molecule is C=C(C)c1ccccccc(/C(C)=C/C=C(/C=C\C)CC)c2ccccc12. The standard InChI is InChI=1S/C27H30/c1-6-14-23(7-2)20-19-22(5)25-16-11-9-8-10-15-24(21(3)4)26-17-12-13-18-27(25)26/h6,8-20H,3,7H2,1-2,4-5H3/b9-8?,10-8?,11-9?,14-6-,15-10?,16-11?,22-19+,23-20+,24-15?,25-16?,26-24?,27-25?. The summed E-state index contributed by atoms with van der Waals surface area (Å²) in [7, 11) is 0. The van der Waals surface area contributed by atoms with E-state index in [1.807, 2.05) is 0 Å². The molecule has 0 heterocycles. The van der Waals surface area contributed by atoms with Gasteiger partial charge in [0.05, 0.1) is 0 Å². The van der Waals surface area contributed by atoms with Crippen LogP contribution in [0.15, 0.2) is 97.1 Å². The van der Waals surface area contributed by atoms with Gasteiger partial charge in [-0.1, -0.05) is 104 Å². The Morgan fingerprint density at radius 2 is 1.37 bits per heavy atom. The van der Waals surface area contributed by atoms with Gasteiger partial charge in [0.2, 0.25) is 0 Å². The van der Waals surface area contributed by atoms with Crippen molar-refractivity contribution in [2.45, 2.75) is 34.1 Å². The molecule has 2 aromatic rings. The number of hydrogen-bond donors (Lipinski definition) is 0. The number of fused-ring (bicyclic) bond motifs is 1. The Labute approximate surface area is 164 Å². The largest absolute Gasteiger partial charge is 0.0955 e. The molecule has 0 aliphatic rings. The van der Waals surface area contributed by atoms with E-state index in [9.17, 15) is 0 Å². The van der Waals surface area contributed by atoms with Crippen LogP contribution < -0.4 is 0 Å². The van der Waals surface area contributed by atoms with E-state index in [0.717, 1.165) is 12.0 Å². The third-order valence-electron chi connectivity index (χ3n) is 4.59. The summed E-state index contributed by atoms with van der Waals surface area (Å²) in [5.74, 6) is 0. The molecule has 0 spiro atoms. The van der Waals surface area contributed by atoms with E-state index in [1.54, 1.807) is 0 Å². The first-order chi connectivity index (χ1) is 13.1. The van der Waals surface area contributed by atoms with Gasteiger partial charge in [-0.3, -0.25) is 0 Å². The number of rotatable bonds is 5. The molecule has 0 bridgehead atoms. The minimum absolute atomic E-state index is 1.02. The summed E-state index contributed by atoms with van der Waals surface area (Å²) in [6.45, 7) is 12.7. The van der Waals surface area contributed by atoms with Crippen molar-refractivity contribution in [3.05, 3.63) is 108 Å². The van der Waals surface area contributed by atoms with Crippen LogP contribution in [0, 0.1) is 0 Å². The van der Waals surface area contributed by atoms with Gasteiger partial charge in [0.25, 0.3) is 0 Å². The molecule has 138 valence electrons. The third-order valence-corrected chi connectivity index (χ3v) is 4.59. The molecule has 0 heteroatoms. The van der Waals surface area contributed by atoms with Crippen LogP contribution in [0.4, 0.5) is 0 Å². The smallest absolute Gasteiger partial charge is 0.0103 e. The van der Waals surface area contributed by atoms with Gasteiger partial charge in [-0.25, -0.2) is 0 Å². The maximum Gasteiger partial charge on any atom is -0.0103 e. The Kier molecular flexibility index (Phi) is 7.82. The monoisotopic (exact) mass is 354 g/mol. The summed E-state index contributed by atoms with van der Waals surface area (Å²) in [5, 5.41) is 2.45. The van der Waals surface area contributed by atoms with Gasteiger partial charge in [-0.15, -0.1) is 0 Å². The molecule has 0 N–H and O–H groups in total. The normalized spacial score (nSPS) is 12.3. The molecule has 0 amide bonds. The minimum atomic E-state index is 1.02. The van der Waals surface area contributed by atoms with E-state index in [2.05, 4.69) is 119 Å². The van der Waals surface area contributed by atoms with Crippen molar-refractivity contribution in [2.75, 3.05) is 0 Å². The lowest BCUT2D eigenvalue weighted by atomic mass is 9.96. The van der Waals surface area contributed by atoms with Gasteiger partial charge in [-0.05, 0) is 60.2 Å². The van der Waals surface area contributed by atoms with Crippen molar-refractivity contribution in [1.29, 1.82) is 0 Å². The van der Waals surface area contributed by atoms with Gasteiger partial charge < -0.3 is 0 Å². The topological polar surface area (TPSA) is 0 Å². The van der Waals surface area contributed by atoms with E-state index in [-0.39, 0.29) is 0 Å². The van der Waals surface area contributed by atoms with Crippen LogP contribution in [0.2, 0.25) is 0 Å². The molecule has 0 aliphatic carbocycles. The van der Waals surface area contributed by atoms with Gasteiger partial charge in [0.1, 0.15) is 0 Å². The van der Waals surface area contributed by atoms with Crippen LogP contribution in [0.3, 0.4) is 0 Å². The first-order valence-electron chi connectivity index (χ1n) is 9.60. The van der Waals surface area contributed by atoms with E-state index in [0.29, 0.717) is 0 Å². The minimum Gasteiger partial charge on any atom is -0.0955 e. The number of hydrogen-bond acceptors (Lipinski definition) is 0. The van der Waals surface area contributed by atoms with Crippen molar-refractivity contribution in [2.24, 2.45) is 0 Å². The molecule has 0 fully saturated rings. The summed E-state index contributed by atoms with van der Waals surface area (Å²) in [5.41, 5.74) is 6.05. The average molecular weight is 355 g/mol. The van der Waals surface area contributed by atoms with Crippen molar-refractivity contribution in [3.8, 4) is 0 Å². The van der Waals surface area contributed by atoms with Crippen molar-refractivity contribution >= 4 is 21.9 Å². The third kappa shape index (κ3) is 5.56. The summed E-state index contributed by atoms with van der Waals surface area (Å²) in [4.78, 5) is 0. The van der Waals surface area contributed by atoms with Crippen molar-refractivity contribution < 1.29 is 0 Å². The Bertz CT molecular complexity index is 950. The molecule has 0 nitrogen and oxygen atoms in total. The second-order valence-electron chi connectivity index (χ2n) is 6.70. The van der Waals surface area contributed by atoms with Gasteiger partial charge in [0.15, 0.2) is 0 Å². The predicted molar refractivity (Wildman–Crippen MR) is 123 cm³/mol. The average Bonchev–Trinajstić information content (AvgIpc) is 2.67. The molecule has 0 aliphatic heterocycles. The molecule has 0 unspecified atom stereocenters. The number of benzene rings is 1. The summed E-state index contributed by atoms with van der Waals surface area (Å²) in [6, 6.07) is 21.2. The van der Waals surface area contributed by atoms with E-state index < -0.39 is 0 Å². The highest BCUT2D eigenvalue weighted by Gasteiger charge is 2.04. The fourth-order valence-corrected chi connectivity index (χ4v) is 3.11. The summed E-state index contributed by atoms with van der Waals surface area (Å²) in [6.07, 6.45) is 9.73. The molecule has 27 heavy (non-hydrogen) atoms. The molecule has 2 rings (SSSR count). The second kappa shape index (κ2) is 10.3. The first kappa shape index (κ1) is 20.5. The molecule has 0 saturated heterocycles. The first-order valence-corrected chi connectivity index (χ1v) is 9.60. The highest BCUT2D eigenvalue weighted by atomic mass is 14.1. The quantitative estimate of drug-likeness (QED) is 0.473. The molecule has 0 radical (unpaired) electrons. The highest BCUT2D eigenvalue weighted by Crippen LogP contribution is 2.27. The van der Waals surface area contributed by atoms with Gasteiger partial charge in [-0.2, -0.15) is 0 Å². The van der Waals surface area contributed by atoms with Gasteiger partial charge >= 0.3 is 0 Å². The fraction of sp³-hybridized carbons (Fsp3) is 0.185.